The van der Waals surface area contributed by atoms with Crippen molar-refractivity contribution < 1.29 is 9.13 Å². The Labute approximate surface area is 142 Å². The Kier molecular flexibility index (Phi) is 4.38. The lowest BCUT2D eigenvalue weighted by Crippen LogP contribution is -2.36. The molecule has 126 valence electrons. The quantitative estimate of drug-likeness (QED) is 0.852. The summed E-state index contributed by atoms with van der Waals surface area (Å²) in [5.41, 5.74) is 5.64. The minimum absolute atomic E-state index is 0.0484. The smallest absolute Gasteiger partial charge is 0.268 e. The predicted octanol–water partition coefficient (Wildman–Crippen LogP) is 1.34. The first-order chi connectivity index (χ1) is 12.1. The second-order valence-electron chi connectivity index (χ2n) is 5.48. The number of rotatable bonds is 2. The van der Waals surface area contributed by atoms with Gasteiger partial charge in [-0.15, -0.1) is 0 Å². The number of benzene rings is 1. The molecule has 1 fully saturated rings. The lowest BCUT2D eigenvalue weighted by atomic mass is 9.94. The summed E-state index contributed by atoms with van der Waals surface area (Å²) in [6.07, 6.45) is 0. The Balaban J connectivity index is 2.34. The highest BCUT2D eigenvalue weighted by molar-refractivity contribution is 5.87. The third-order valence-corrected chi connectivity index (χ3v) is 4.05. The third-order valence-electron chi connectivity index (χ3n) is 4.05. The molecule has 1 aliphatic rings. The number of nitrogens with zero attached hydrogens (tertiary/aromatic N) is 3. The van der Waals surface area contributed by atoms with Crippen molar-refractivity contribution in [2.24, 2.45) is 0 Å². The van der Waals surface area contributed by atoms with E-state index >= 15 is 0 Å². The summed E-state index contributed by atoms with van der Waals surface area (Å²) >= 11 is 0. The van der Waals surface area contributed by atoms with E-state index in [-0.39, 0.29) is 28.1 Å². The van der Waals surface area contributed by atoms with Crippen LogP contribution in [-0.4, -0.2) is 31.3 Å². The normalized spacial score (nSPS) is 14.0. The zero-order valence-electron chi connectivity index (χ0n) is 13.2. The molecule has 0 bridgehead atoms. The highest BCUT2D eigenvalue weighted by atomic mass is 19.1. The van der Waals surface area contributed by atoms with Gasteiger partial charge < -0.3 is 20.4 Å². The summed E-state index contributed by atoms with van der Waals surface area (Å²) in [4.78, 5) is 16.4. The van der Waals surface area contributed by atoms with E-state index in [9.17, 15) is 19.7 Å². The maximum absolute atomic E-state index is 13.9. The molecule has 8 heteroatoms. The van der Waals surface area contributed by atoms with Gasteiger partial charge in [-0.2, -0.15) is 10.5 Å². The fraction of sp³-hybridized carbons (Fsp3) is 0.235. The molecule has 1 aromatic carbocycles. The summed E-state index contributed by atoms with van der Waals surface area (Å²) in [7, 11) is 0. The first kappa shape index (κ1) is 16.5. The van der Waals surface area contributed by atoms with Crippen LogP contribution in [0.25, 0.3) is 11.1 Å². The van der Waals surface area contributed by atoms with E-state index in [1.54, 1.807) is 12.1 Å². The molecule has 2 heterocycles. The summed E-state index contributed by atoms with van der Waals surface area (Å²) < 4.78 is 19.3. The van der Waals surface area contributed by atoms with Crippen LogP contribution in [0.4, 0.5) is 15.9 Å². The number of H-pyrrole nitrogens is 1. The van der Waals surface area contributed by atoms with Crippen LogP contribution in [0.5, 0.6) is 0 Å². The van der Waals surface area contributed by atoms with Gasteiger partial charge in [0.05, 0.1) is 13.2 Å². The lowest BCUT2D eigenvalue weighted by molar-refractivity contribution is 0.123. The lowest BCUT2D eigenvalue weighted by Gasteiger charge is -2.31. The second kappa shape index (κ2) is 6.63. The van der Waals surface area contributed by atoms with Crippen molar-refractivity contribution in [2.75, 3.05) is 36.9 Å². The number of aromatic nitrogens is 1. The molecular weight excluding hydrogens is 325 g/mol. The van der Waals surface area contributed by atoms with Crippen LogP contribution in [0, 0.1) is 28.5 Å². The standard InChI is InChI=1S/C17H14FN5O2/c18-10-1-2-14(23-3-5-25-6-4-23)11(7-10)15-12(8-19)16(21)22-17(24)13(15)9-20/h1-2,7H,3-6H2,(H3,21,22,24). The Morgan fingerprint density at radius 1 is 1.20 bits per heavy atom. The average Bonchev–Trinajstić information content (AvgIpc) is 2.62. The summed E-state index contributed by atoms with van der Waals surface area (Å²) in [5, 5.41) is 18.8. The number of aromatic amines is 1. The summed E-state index contributed by atoms with van der Waals surface area (Å²) in [6.45, 7) is 2.15. The minimum Gasteiger partial charge on any atom is -0.384 e. The molecule has 0 atom stereocenters. The monoisotopic (exact) mass is 339 g/mol. The van der Waals surface area contributed by atoms with Crippen LogP contribution >= 0.6 is 0 Å². The van der Waals surface area contributed by atoms with E-state index < -0.39 is 11.4 Å². The first-order valence-electron chi connectivity index (χ1n) is 7.55. The molecule has 3 rings (SSSR count). The summed E-state index contributed by atoms with van der Waals surface area (Å²) in [6, 6.07) is 7.77. The number of nitrogens with one attached hydrogen (secondary N) is 1. The molecule has 1 saturated heterocycles. The number of morpholine rings is 1. The van der Waals surface area contributed by atoms with Gasteiger partial charge in [0.2, 0.25) is 0 Å². The Bertz CT molecular complexity index is 965. The van der Waals surface area contributed by atoms with Crippen LogP contribution in [0.1, 0.15) is 11.1 Å². The van der Waals surface area contributed by atoms with Gasteiger partial charge in [-0.3, -0.25) is 4.79 Å². The van der Waals surface area contributed by atoms with Gasteiger partial charge in [-0.1, -0.05) is 0 Å². The number of halogens is 1. The topological polar surface area (TPSA) is 119 Å². The predicted molar refractivity (Wildman–Crippen MR) is 89.3 cm³/mol. The molecule has 0 radical (unpaired) electrons. The number of nitriles is 2. The van der Waals surface area contributed by atoms with E-state index in [0.29, 0.717) is 32.0 Å². The molecule has 2 aromatic rings. The van der Waals surface area contributed by atoms with E-state index in [4.69, 9.17) is 10.5 Å². The second-order valence-corrected chi connectivity index (χ2v) is 5.48. The number of ether oxygens (including phenoxy) is 1. The zero-order valence-corrected chi connectivity index (χ0v) is 13.2. The SMILES string of the molecule is N#Cc1c(N)[nH]c(=O)c(C#N)c1-c1cc(F)ccc1N1CCOCC1. The number of hydrogen-bond donors (Lipinski definition) is 2. The molecule has 0 aliphatic carbocycles. The highest BCUT2D eigenvalue weighted by Crippen LogP contribution is 2.36. The molecule has 0 saturated carbocycles. The molecule has 0 spiro atoms. The minimum atomic E-state index is -0.716. The van der Waals surface area contributed by atoms with E-state index in [1.165, 1.54) is 12.1 Å². The van der Waals surface area contributed by atoms with Crippen molar-refractivity contribution in [3.05, 3.63) is 45.5 Å². The maximum atomic E-state index is 13.9. The fourth-order valence-corrected chi connectivity index (χ4v) is 2.90. The van der Waals surface area contributed by atoms with Gasteiger partial charge in [-0.05, 0) is 18.2 Å². The third kappa shape index (κ3) is 2.91. The van der Waals surface area contributed by atoms with Crippen molar-refractivity contribution in [2.45, 2.75) is 0 Å². The van der Waals surface area contributed by atoms with E-state index in [2.05, 4.69) is 4.98 Å². The van der Waals surface area contributed by atoms with Crippen molar-refractivity contribution >= 4 is 11.5 Å². The van der Waals surface area contributed by atoms with Crippen LogP contribution in [0.2, 0.25) is 0 Å². The van der Waals surface area contributed by atoms with Crippen LogP contribution in [0.15, 0.2) is 23.0 Å². The Hall–Kier alpha value is -3.36. The van der Waals surface area contributed by atoms with Crippen LogP contribution in [-0.2, 0) is 4.74 Å². The molecule has 25 heavy (non-hydrogen) atoms. The molecule has 7 nitrogen and oxygen atoms in total. The van der Waals surface area contributed by atoms with Crippen LogP contribution in [0.3, 0.4) is 0 Å². The summed E-state index contributed by atoms with van der Waals surface area (Å²) in [5.74, 6) is -0.697. The van der Waals surface area contributed by atoms with Crippen molar-refractivity contribution in [1.82, 2.24) is 4.98 Å². The van der Waals surface area contributed by atoms with Gasteiger partial charge in [-0.25, -0.2) is 4.39 Å². The van der Waals surface area contributed by atoms with Crippen LogP contribution < -0.4 is 16.2 Å². The first-order valence-corrected chi connectivity index (χ1v) is 7.55. The van der Waals surface area contributed by atoms with Gasteiger partial charge in [0.1, 0.15) is 34.9 Å². The number of pyridine rings is 1. The van der Waals surface area contributed by atoms with Gasteiger partial charge in [0.15, 0.2) is 0 Å². The maximum Gasteiger partial charge on any atom is 0.268 e. The van der Waals surface area contributed by atoms with Gasteiger partial charge in [0.25, 0.3) is 5.56 Å². The fourth-order valence-electron chi connectivity index (χ4n) is 2.90. The van der Waals surface area contributed by atoms with E-state index in [0.717, 1.165) is 0 Å². The zero-order chi connectivity index (χ0) is 18.0. The number of nitrogen functional groups attached to an aromatic ring is 1. The largest absolute Gasteiger partial charge is 0.384 e. The highest BCUT2D eigenvalue weighted by Gasteiger charge is 2.23. The number of nitrogens with two attached hydrogens (primary N) is 1. The van der Waals surface area contributed by atoms with Gasteiger partial charge >= 0.3 is 0 Å². The Morgan fingerprint density at radius 2 is 1.88 bits per heavy atom. The number of hydrogen-bond acceptors (Lipinski definition) is 6. The average molecular weight is 339 g/mol. The molecular formula is C17H14FN5O2. The molecule has 3 N–H and O–H groups in total. The number of anilines is 2. The van der Waals surface area contributed by atoms with Crippen molar-refractivity contribution in [1.29, 1.82) is 10.5 Å². The van der Waals surface area contributed by atoms with Crippen molar-refractivity contribution in [3.8, 4) is 23.3 Å². The molecule has 1 aromatic heterocycles. The molecule has 0 amide bonds. The molecule has 1 aliphatic heterocycles. The molecule has 0 unspecified atom stereocenters. The van der Waals surface area contributed by atoms with E-state index in [1.807, 2.05) is 11.0 Å². The van der Waals surface area contributed by atoms with Gasteiger partial charge in [0, 0.05) is 29.9 Å². The van der Waals surface area contributed by atoms with Crippen molar-refractivity contribution in [3.63, 3.8) is 0 Å². The Morgan fingerprint density at radius 3 is 2.52 bits per heavy atom.